The van der Waals surface area contributed by atoms with Crippen molar-refractivity contribution in [2.24, 2.45) is 0 Å². The van der Waals surface area contributed by atoms with Gasteiger partial charge in [0.2, 0.25) is 5.82 Å². The maximum Gasteiger partial charge on any atom is 0.295 e. The molecule has 0 aliphatic rings. The van der Waals surface area contributed by atoms with Crippen LogP contribution in [0.3, 0.4) is 0 Å². The van der Waals surface area contributed by atoms with Crippen LogP contribution >= 0.6 is 23.2 Å². The molecule has 1 N–H and O–H groups in total. The Morgan fingerprint density at radius 1 is 0.903 bits per heavy atom. The van der Waals surface area contributed by atoms with Crippen LogP contribution in [0.1, 0.15) is 27.3 Å². The van der Waals surface area contributed by atoms with Crippen LogP contribution in [-0.2, 0) is 0 Å². The third kappa shape index (κ3) is 4.33. The summed E-state index contributed by atoms with van der Waals surface area (Å²) in [5, 5.41) is 8.41. The first-order valence-electron chi connectivity index (χ1n) is 9.70. The molecule has 0 fully saturated rings. The van der Waals surface area contributed by atoms with Crippen molar-refractivity contribution in [3.63, 3.8) is 0 Å². The number of halogens is 2. The van der Waals surface area contributed by atoms with Crippen LogP contribution < -0.4 is 5.32 Å². The van der Waals surface area contributed by atoms with E-state index in [0.29, 0.717) is 27.2 Å². The van der Waals surface area contributed by atoms with Crippen LogP contribution in [0.15, 0.2) is 60.7 Å². The average Bonchev–Trinajstić information content (AvgIpc) is 3.18. The number of nitrogens with zero attached hydrogens (tertiary/aromatic N) is 3. The van der Waals surface area contributed by atoms with Crippen molar-refractivity contribution in [2.75, 3.05) is 5.32 Å². The summed E-state index contributed by atoms with van der Waals surface area (Å²) in [5.41, 5.74) is 4.98. The van der Waals surface area contributed by atoms with E-state index < -0.39 is 5.91 Å². The Labute approximate surface area is 190 Å². The summed E-state index contributed by atoms with van der Waals surface area (Å²) in [6.07, 6.45) is 0. The minimum Gasteiger partial charge on any atom is -0.318 e. The molecule has 0 aliphatic carbocycles. The number of para-hydroxylation sites is 1. The van der Waals surface area contributed by atoms with Gasteiger partial charge in [-0.15, -0.1) is 5.10 Å². The van der Waals surface area contributed by atoms with Crippen molar-refractivity contribution in [2.45, 2.75) is 20.8 Å². The standard InChI is InChI=1S/C24H20Cl2N4O/c1-14-6-4-8-17(12-14)23-28-22(24(31)27-21-16(3)7-5-9-19(21)25)29-30(23)18-11-10-15(2)20(26)13-18/h4-13H,1-3H3,(H,27,31). The molecule has 0 unspecified atom stereocenters. The summed E-state index contributed by atoms with van der Waals surface area (Å²) >= 11 is 12.6. The number of nitrogens with one attached hydrogen (secondary N) is 1. The van der Waals surface area contributed by atoms with Gasteiger partial charge < -0.3 is 5.32 Å². The van der Waals surface area contributed by atoms with Crippen LogP contribution in [0.25, 0.3) is 17.1 Å². The molecule has 0 atom stereocenters. The van der Waals surface area contributed by atoms with E-state index in [0.717, 1.165) is 22.3 Å². The number of amides is 1. The van der Waals surface area contributed by atoms with Crippen LogP contribution in [0.4, 0.5) is 5.69 Å². The van der Waals surface area contributed by atoms with Gasteiger partial charge in [0.15, 0.2) is 5.82 Å². The van der Waals surface area contributed by atoms with Gasteiger partial charge in [0, 0.05) is 10.6 Å². The van der Waals surface area contributed by atoms with E-state index in [4.69, 9.17) is 23.2 Å². The second-order valence-electron chi connectivity index (χ2n) is 7.36. The Kier molecular flexibility index (Phi) is 5.81. The third-order valence-corrected chi connectivity index (χ3v) is 5.67. The normalized spacial score (nSPS) is 10.9. The van der Waals surface area contributed by atoms with Crippen molar-refractivity contribution < 1.29 is 4.79 Å². The fourth-order valence-electron chi connectivity index (χ4n) is 3.23. The molecule has 0 bridgehead atoms. The van der Waals surface area contributed by atoms with Gasteiger partial charge in [0.05, 0.1) is 16.4 Å². The van der Waals surface area contributed by atoms with Crippen LogP contribution in [0, 0.1) is 20.8 Å². The molecule has 31 heavy (non-hydrogen) atoms. The molecule has 0 saturated carbocycles. The Bertz CT molecular complexity index is 1280. The summed E-state index contributed by atoms with van der Waals surface area (Å²) in [4.78, 5) is 17.6. The van der Waals surface area contributed by atoms with Crippen LogP contribution in [-0.4, -0.2) is 20.7 Å². The summed E-state index contributed by atoms with van der Waals surface area (Å²) in [6, 6.07) is 18.9. The van der Waals surface area contributed by atoms with Crippen molar-refractivity contribution >= 4 is 34.8 Å². The van der Waals surface area contributed by atoms with E-state index in [1.807, 2.05) is 75.4 Å². The number of hydrogen-bond acceptors (Lipinski definition) is 3. The minimum atomic E-state index is -0.443. The topological polar surface area (TPSA) is 59.8 Å². The molecule has 0 saturated heterocycles. The highest BCUT2D eigenvalue weighted by atomic mass is 35.5. The van der Waals surface area contributed by atoms with E-state index in [-0.39, 0.29) is 5.82 Å². The van der Waals surface area contributed by atoms with Gasteiger partial charge in [-0.25, -0.2) is 9.67 Å². The molecule has 7 heteroatoms. The molecule has 1 heterocycles. The second-order valence-corrected chi connectivity index (χ2v) is 8.17. The molecule has 3 aromatic carbocycles. The maximum absolute atomic E-state index is 13.0. The van der Waals surface area contributed by atoms with Gasteiger partial charge >= 0.3 is 0 Å². The first kappa shape index (κ1) is 21.1. The van der Waals surface area contributed by atoms with Gasteiger partial charge in [-0.2, -0.15) is 0 Å². The summed E-state index contributed by atoms with van der Waals surface area (Å²) in [6.45, 7) is 5.81. The lowest BCUT2D eigenvalue weighted by Gasteiger charge is -2.08. The Morgan fingerprint density at radius 3 is 2.39 bits per heavy atom. The zero-order chi connectivity index (χ0) is 22.1. The predicted molar refractivity (Wildman–Crippen MR) is 125 cm³/mol. The average molecular weight is 451 g/mol. The van der Waals surface area contributed by atoms with Crippen molar-refractivity contribution in [1.82, 2.24) is 14.8 Å². The number of carbonyl (C=O) groups is 1. The van der Waals surface area contributed by atoms with E-state index >= 15 is 0 Å². The van der Waals surface area contributed by atoms with Gasteiger partial charge in [0.25, 0.3) is 5.91 Å². The van der Waals surface area contributed by atoms with E-state index in [2.05, 4.69) is 15.4 Å². The quantitative estimate of drug-likeness (QED) is 0.390. The smallest absolute Gasteiger partial charge is 0.295 e. The number of aromatic nitrogens is 3. The fraction of sp³-hybridized carbons (Fsp3) is 0.125. The lowest BCUT2D eigenvalue weighted by atomic mass is 10.1. The summed E-state index contributed by atoms with van der Waals surface area (Å²) in [5.74, 6) is 0.138. The molecule has 1 amide bonds. The van der Waals surface area contributed by atoms with E-state index in [1.165, 1.54) is 0 Å². The number of anilines is 1. The number of benzene rings is 3. The number of rotatable bonds is 4. The van der Waals surface area contributed by atoms with Crippen LogP contribution in [0.5, 0.6) is 0 Å². The van der Waals surface area contributed by atoms with Crippen molar-refractivity contribution in [3.05, 3.63) is 93.2 Å². The first-order chi connectivity index (χ1) is 14.8. The molecule has 4 rings (SSSR count). The molecule has 0 spiro atoms. The van der Waals surface area contributed by atoms with Crippen molar-refractivity contribution in [3.8, 4) is 17.1 Å². The largest absolute Gasteiger partial charge is 0.318 e. The molecule has 0 aliphatic heterocycles. The molecule has 0 radical (unpaired) electrons. The van der Waals surface area contributed by atoms with E-state index in [1.54, 1.807) is 10.7 Å². The van der Waals surface area contributed by atoms with Gasteiger partial charge in [0.1, 0.15) is 0 Å². The second kappa shape index (κ2) is 8.53. The van der Waals surface area contributed by atoms with Gasteiger partial charge in [-0.1, -0.05) is 65.2 Å². The number of carbonyl (C=O) groups excluding carboxylic acids is 1. The zero-order valence-electron chi connectivity index (χ0n) is 17.3. The highest BCUT2D eigenvalue weighted by molar-refractivity contribution is 6.34. The van der Waals surface area contributed by atoms with Gasteiger partial charge in [-0.05, 0) is 56.2 Å². The Hall–Kier alpha value is -3.15. The summed E-state index contributed by atoms with van der Waals surface area (Å²) in [7, 11) is 0. The number of hydrogen-bond donors (Lipinski definition) is 1. The predicted octanol–water partition coefficient (Wildman–Crippen LogP) is 6.42. The van der Waals surface area contributed by atoms with Gasteiger partial charge in [-0.3, -0.25) is 4.79 Å². The molecule has 1 aromatic heterocycles. The fourth-order valence-corrected chi connectivity index (χ4v) is 3.68. The molecule has 4 aromatic rings. The maximum atomic E-state index is 13.0. The van der Waals surface area contributed by atoms with E-state index in [9.17, 15) is 4.79 Å². The molecule has 156 valence electrons. The SMILES string of the molecule is Cc1cccc(-c2nc(C(=O)Nc3c(C)cccc3Cl)nn2-c2ccc(C)c(Cl)c2)c1. The zero-order valence-corrected chi connectivity index (χ0v) is 18.8. The van der Waals surface area contributed by atoms with Crippen molar-refractivity contribution in [1.29, 1.82) is 0 Å². The molecular formula is C24H20Cl2N4O. The number of aryl methyl sites for hydroxylation is 3. The Balaban J connectivity index is 1.81. The lowest BCUT2D eigenvalue weighted by Crippen LogP contribution is -2.15. The highest BCUT2D eigenvalue weighted by Crippen LogP contribution is 2.28. The third-order valence-electron chi connectivity index (χ3n) is 4.95. The monoisotopic (exact) mass is 450 g/mol. The lowest BCUT2D eigenvalue weighted by molar-refractivity contribution is 0.101. The Morgan fingerprint density at radius 2 is 1.68 bits per heavy atom. The first-order valence-corrected chi connectivity index (χ1v) is 10.5. The molecule has 5 nitrogen and oxygen atoms in total. The minimum absolute atomic E-state index is 0.0347. The molecular weight excluding hydrogens is 431 g/mol. The summed E-state index contributed by atoms with van der Waals surface area (Å²) < 4.78 is 1.63. The highest BCUT2D eigenvalue weighted by Gasteiger charge is 2.20. The van der Waals surface area contributed by atoms with Crippen LogP contribution in [0.2, 0.25) is 10.0 Å².